The first-order valence-corrected chi connectivity index (χ1v) is 3.59. The average molecular weight is 189 g/mol. The van der Waals surface area contributed by atoms with E-state index in [1.54, 1.807) is 0 Å². The SMILES string of the molecule is COCc1nc(N)c(N)c(Cl)n1. The topological polar surface area (TPSA) is 87.0 Å². The van der Waals surface area contributed by atoms with Crippen molar-refractivity contribution in [1.29, 1.82) is 0 Å². The van der Waals surface area contributed by atoms with Gasteiger partial charge in [-0.25, -0.2) is 9.97 Å². The molecule has 1 heterocycles. The van der Waals surface area contributed by atoms with Crippen LogP contribution in [-0.2, 0) is 11.3 Å². The van der Waals surface area contributed by atoms with Crippen LogP contribution in [0.4, 0.5) is 11.5 Å². The zero-order valence-electron chi connectivity index (χ0n) is 6.54. The molecule has 0 saturated carbocycles. The Morgan fingerprint density at radius 2 is 2.08 bits per heavy atom. The van der Waals surface area contributed by atoms with Crippen LogP contribution < -0.4 is 11.5 Å². The van der Waals surface area contributed by atoms with Crippen LogP contribution in [0.15, 0.2) is 0 Å². The molecule has 0 amide bonds. The number of hydrogen-bond acceptors (Lipinski definition) is 5. The quantitative estimate of drug-likeness (QED) is 0.658. The lowest BCUT2D eigenvalue weighted by Gasteiger charge is -2.03. The molecule has 0 aromatic carbocycles. The Bertz CT molecular complexity index is 268. The standard InChI is InChI=1S/C6H9ClN4O/c1-12-2-3-10-5(7)4(8)6(9)11-3/h2,8H2,1H3,(H2,9,10,11). The van der Waals surface area contributed by atoms with Gasteiger partial charge in [0.1, 0.15) is 12.3 Å². The van der Waals surface area contributed by atoms with Gasteiger partial charge < -0.3 is 16.2 Å². The van der Waals surface area contributed by atoms with E-state index in [0.717, 1.165) is 0 Å². The van der Waals surface area contributed by atoms with Crippen molar-refractivity contribution in [2.75, 3.05) is 18.6 Å². The number of aromatic nitrogens is 2. The monoisotopic (exact) mass is 188 g/mol. The van der Waals surface area contributed by atoms with Crippen molar-refractivity contribution >= 4 is 23.1 Å². The number of halogens is 1. The molecular weight excluding hydrogens is 180 g/mol. The van der Waals surface area contributed by atoms with Crippen LogP contribution in [-0.4, -0.2) is 17.1 Å². The summed E-state index contributed by atoms with van der Waals surface area (Å²) in [5, 5.41) is 0.162. The number of rotatable bonds is 2. The van der Waals surface area contributed by atoms with Gasteiger partial charge in [-0.3, -0.25) is 0 Å². The van der Waals surface area contributed by atoms with Crippen molar-refractivity contribution in [3.05, 3.63) is 11.0 Å². The van der Waals surface area contributed by atoms with E-state index >= 15 is 0 Å². The average Bonchev–Trinajstić information content (AvgIpc) is 2.01. The van der Waals surface area contributed by atoms with Crippen LogP contribution in [0.1, 0.15) is 5.82 Å². The Kier molecular flexibility index (Phi) is 2.67. The minimum atomic E-state index is 0.162. The van der Waals surface area contributed by atoms with E-state index in [9.17, 15) is 0 Å². The molecule has 0 bridgehead atoms. The summed E-state index contributed by atoms with van der Waals surface area (Å²) in [5.74, 6) is 0.608. The minimum Gasteiger partial charge on any atom is -0.393 e. The number of methoxy groups -OCH3 is 1. The summed E-state index contributed by atoms with van der Waals surface area (Å²) in [7, 11) is 1.53. The Morgan fingerprint density at radius 1 is 1.42 bits per heavy atom. The highest BCUT2D eigenvalue weighted by Gasteiger charge is 2.06. The molecule has 0 spiro atoms. The number of nitrogen functional groups attached to an aromatic ring is 2. The minimum absolute atomic E-state index is 0.162. The molecule has 0 aliphatic heterocycles. The third kappa shape index (κ3) is 1.75. The van der Waals surface area contributed by atoms with Gasteiger partial charge in [0.2, 0.25) is 0 Å². The molecule has 0 aliphatic rings. The first-order chi connectivity index (χ1) is 5.65. The van der Waals surface area contributed by atoms with Crippen molar-refractivity contribution in [2.45, 2.75) is 6.61 Å². The van der Waals surface area contributed by atoms with Crippen LogP contribution in [0.3, 0.4) is 0 Å². The maximum absolute atomic E-state index is 5.64. The fourth-order valence-electron chi connectivity index (χ4n) is 0.697. The third-order valence-corrected chi connectivity index (χ3v) is 1.54. The molecule has 1 rings (SSSR count). The zero-order valence-corrected chi connectivity index (χ0v) is 7.30. The van der Waals surface area contributed by atoms with E-state index in [0.29, 0.717) is 5.82 Å². The molecule has 5 nitrogen and oxygen atoms in total. The molecule has 0 atom stereocenters. The second-order valence-corrected chi connectivity index (χ2v) is 2.52. The molecule has 66 valence electrons. The molecule has 4 N–H and O–H groups in total. The zero-order chi connectivity index (χ0) is 9.14. The van der Waals surface area contributed by atoms with Crippen LogP contribution in [0.25, 0.3) is 0 Å². The van der Waals surface area contributed by atoms with E-state index in [4.69, 9.17) is 27.8 Å². The molecule has 0 saturated heterocycles. The van der Waals surface area contributed by atoms with E-state index in [1.165, 1.54) is 7.11 Å². The van der Waals surface area contributed by atoms with Crippen molar-refractivity contribution < 1.29 is 4.74 Å². The second kappa shape index (κ2) is 3.55. The predicted octanol–water partition coefficient (Wildman–Crippen LogP) is 0.441. The van der Waals surface area contributed by atoms with Gasteiger partial charge >= 0.3 is 0 Å². The highest BCUT2D eigenvalue weighted by molar-refractivity contribution is 6.32. The smallest absolute Gasteiger partial charge is 0.158 e. The van der Waals surface area contributed by atoms with Crippen molar-refractivity contribution in [3.63, 3.8) is 0 Å². The molecule has 12 heavy (non-hydrogen) atoms. The molecule has 1 aromatic heterocycles. The fourth-order valence-corrected chi connectivity index (χ4v) is 0.891. The largest absolute Gasteiger partial charge is 0.393 e. The van der Waals surface area contributed by atoms with Gasteiger partial charge in [0.05, 0.1) is 0 Å². The van der Waals surface area contributed by atoms with Gasteiger partial charge in [-0.1, -0.05) is 11.6 Å². The predicted molar refractivity (Wildman–Crippen MR) is 46.6 cm³/mol. The maximum atomic E-state index is 5.64. The lowest BCUT2D eigenvalue weighted by molar-refractivity contribution is 0.178. The summed E-state index contributed by atoms with van der Waals surface area (Å²) in [6.07, 6.45) is 0. The first-order valence-electron chi connectivity index (χ1n) is 3.21. The summed E-state index contributed by atoms with van der Waals surface area (Å²) in [5.41, 5.74) is 11.1. The highest BCUT2D eigenvalue weighted by Crippen LogP contribution is 2.20. The van der Waals surface area contributed by atoms with Crippen molar-refractivity contribution in [2.24, 2.45) is 0 Å². The van der Waals surface area contributed by atoms with E-state index < -0.39 is 0 Å². The lowest BCUT2D eigenvalue weighted by atomic mass is 10.5. The van der Waals surface area contributed by atoms with Gasteiger partial charge in [-0.15, -0.1) is 0 Å². The summed E-state index contributed by atoms with van der Waals surface area (Å²) >= 11 is 5.64. The van der Waals surface area contributed by atoms with Crippen LogP contribution in [0.5, 0.6) is 0 Å². The van der Waals surface area contributed by atoms with E-state index in [1.807, 2.05) is 0 Å². The molecular formula is C6H9ClN4O. The first kappa shape index (κ1) is 9.02. The summed E-state index contributed by atoms with van der Waals surface area (Å²) in [4.78, 5) is 7.70. The molecule has 0 aliphatic carbocycles. The maximum Gasteiger partial charge on any atom is 0.158 e. The third-order valence-electron chi connectivity index (χ3n) is 1.25. The number of hydrogen-bond donors (Lipinski definition) is 2. The molecule has 1 aromatic rings. The van der Waals surface area contributed by atoms with E-state index in [2.05, 4.69) is 9.97 Å². The Hall–Kier alpha value is -1.07. The summed E-state index contributed by atoms with van der Waals surface area (Å²) in [6, 6.07) is 0. The Morgan fingerprint density at radius 3 is 2.58 bits per heavy atom. The Labute approximate surface area is 74.7 Å². The van der Waals surface area contributed by atoms with Gasteiger partial charge in [-0.2, -0.15) is 0 Å². The van der Waals surface area contributed by atoms with Crippen molar-refractivity contribution in [1.82, 2.24) is 9.97 Å². The highest BCUT2D eigenvalue weighted by atomic mass is 35.5. The van der Waals surface area contributed by atoms with Crippen LogP contribution >= 0.6 is 11.6 Å². The van der Waals surface area contributed by atoms with E-state index in [-0.39, 0.29) is 23.3 Å². The molecule has 0 radical (unpaired) electrons. The van der Waals surface area contributed by atoms with Crippen molar-refractivity contribution in [3.8, 4) is 0 Å². The van der Waals surface area contributed by atoms with Gasteiger partial charge in [0.15, 0.2) is 16.8 Å². The fraction of sp³-hybridized carbons (Fsp3) is 0.333. The lowest BCUT2D eigenvalue weighted by Crippen LogP contribution is -2.05. The summed E-state index contributed by atoms with van der Waals surface area (Å²) in [6.45, 7) is 0.268. The number of ether oxygens (including phenoxy) is 1. The number of anilines is 2. The molecule has 0 fully saturated rings. The molecule has 0 unspecified atom stereocenters. The normalized spacial score (nSPS) is 10.2. The molecule has 6 heteroatoms. The van der Waals surface area contributed by atoms with Crippen LogP contribution in [0, 0.1) is 0 Å². The van der Waals surface area contributed by atoms with Crippen LogP contribution in [0.2, 0.25) is 5.15 Å². The van der Waals surface area contributed by atoms with Gasteiger partial charge in [0.25, 0.3) is 0 Å². The number of nitrogens with two attached hydrogens (primary N) is 2. The summed E-state index contributed by atoms with van der Waals surface area (Å²) < 4.78 is 4.80. The van der Waals surface area contributed by atoms with Gasteiger partial charge in [0, 0.05) is 7.11 Å². The Balaban J connectivity index is 3.04. The second-order valence-electron chi connectivity index (χ2n) is 2.16. The van der Waals surface area contributed by atoms with Gasteiger partial charge in [-0.05, 0) is 0 Å². The number of nitrogens with zero attached hydrogens (tertiary/aromatic N) is 2.